The number of carbonyl (C=O) groups is 2. The second kappa shape index (κ2) is 10.4. The summed E-state index contributed by atoms with van der Waals surface area (Å²) < 4.78 is 6.63. The van der Waals surface area contributed by atoms with Gasteiger partial charge in [0.1, 0.15) is 11.4 Å². The normalized spacial score (nSPS) is 10.9. The number of carbonyl (C=O) groups excluding carboxylic acids is 2. The van der Waals surface area contributed by atoms with Gasteiger partial charge in [0.2, 0.25) is 0 Å². The molecule has 0 atom stereocenters. The molecule has 7 nitrogen and oxygen atoms in total. The van der Waals surface area contributed by atoms with Gasteiger partial charge in [-0.2, -0.15) is 0 Å². The summed E-state index contributed by atoms with van der Waals surface area (Å²) in [6.07, 6.45) is 1.52. The molecular weight excluding hydrogens is 450 g/mol. The maximum atomic E-state index is 13.6. The first-order chi connectivity index (χ1) is 16.5. The van der Waals surface area contributed by atoms with Gasteiger partial charge in [-0.25, -0.2) is 4.98 Å². The van der Waals surface area contributed by atoms with Crippen LogP contribution in [0.4, 0.5) is 0 Å². The van der Waals surface area contributed by atoms with Crippen molar-refractivity contribution < 1.29 is 14.3 Å². The lowest BCUT2D eigenvalue weighted by Crippen LogP contribution is -2.36. The number of rotatable bonds is 8. The number of nitrogens with zero attached hydrogens (tertiary/aromatic N) is 3. The summed E-state index contributed by atoms with van der Waals surface area (Å²) >= 11 is 1.17. The van der Waals surface area contributed by atoms with E-state index in [1.165, 1.54) is 22.6 Å². The molecule has 0 bridgehead atoms. The fraction of sp³-hybridized carbons (Fsp3) is 0.231. The fourth-order valence-corrected chi connectivity index (χ4v) is 4.87. The average molecular weight is 476 g/mol. The lowest BCUT2D eigenvalue weighted by atomic mass is 10.1. The summed E-state index contributed by atoms with van der Waals surface area (Å²) in [6, 6.07) is 19.1. The van der Waals surface area contributed by atoms with Gasteiger partial charge >= 0.3 is 5.97 Å². The average Bonchev–Trinajstić information content (AvgIpc) is 3.18. The minimum atomic E-state index is -0.478. The topological polar surface area (TPSA) is 81.5 Å². The van der Waals surface area contributed by atoms with Crippen LogP contribution in [-0.2, 0) is 22.6 Å². The number of hydrogen-bond donors (Lipinski definition) is 0. The Hall–Kier alpha value is -3.78. The van der Waals surface area contributed by atoms with Gasteiger partial charge in [-0.1, -0.05) is 60.7 Å². The Bertz CT molecular complexity index is 1360. The smallest absolute Gasteiger partial charge is 0.325 e. The summed E-state index contributed by atoms with van der Waals surface area (Å²) in [7, 11) is 0. The summed E-state index contributed by atoms with van der Waals surface area (Å²) in [5.41, 5.74) is 2.26. The minimum Gasteiger partial charge on any atom is -0.465 e. The van der Waals surface area contributed by atoms with Crippen molar-refractivity contribution in [3.05, 3.63) is 98.9 Å². The van der Waals surface area contributed by atoms with Crippen molar-refractivity contribution in [3.8, 4) is 0 Å². The van der Waals surface area contributed by atoms with Crippen molar-refractivity contribution in [2.75, 3.05) is 13.2 Å². The molecule has 0 unspecified atom stereocenters. The van der Waals surface area contributed by atoms with Crippen LogP contribution in [0.2, 0.25) is 0 Å². The number of aromatic nitrogens is 2. The Morgan fingerprint density at radius 2 is 1.68 bits per heavy atom. The first kappa shape index (κ1) is 23.4. The second-order valence-electron chi connectivity index (χ2n) is 7.85. The van der Waals surface area contributed by atoms with Crippen LogP contribution < -0.4 is 5.56 Å². The van der Waals surface area contributed by atoms with E-state index in [0.29, 0.717) is 27.2 Å². The molecule has 0 spiro atoms. The Morgan fingerprint density at radius 1 is 1.03 bits per heavy atom. The molecule has 0 aliphatic carbocycles. The highest BCUT2D eigenvalue weighted by molar-refractivity contribution is 7.20. The Balaban J connectivity index is 1.69. The molecular formula is C26H25N3O4S. The van der Waals surface area contributed by atoms with Gasteiger partial charge < -0.3 is 9.64 Å². The van der Waals surface area contributed by atoms with Crippen molar-refractivity contribution >= 4 is 33.4 Å². The molecule has 2 aromatic carbocycles. The van der Waals surface area contributed by atoms with E-state index in [2.05, 4.69) is 4.98 Å². The number of thiophene rings is 1. The molecule has 1 amide bonds. The molecule has 4 rings (SSSR count). The molecule has 174 valence electrons. The first-order valence-electron chi connectivity index (χ1n) is 11.0. The maximum absolute atomic E-state index is 13.6. The van der Waals surface area contributed by atoms with E-state index in [1.807, 2.05) is 60.7 Å². The van der Waals surface area contributed by atoms with Crippen molar-refractivity contribution in [3.63, 3.8) is 0 Å². The number of benzene rings is 2. The molecule has 34 heavy (non-hydrogen) atoms. The molecule has 0 radical (unpaired) electrons. The predicted molar refractivity (Wildman–Crippen MR) is 132 cm³/mol. The number of hydrogen-bond acceptors (Lipinski definition) is 6. The van der Waals surface area contributed by atoms with Crippen LogP contribution >= 0.6 is 11.3 Å². The highest BCUT2D eigenvalue weighted by atomic mass is 32.1. The van der Waals surface area contributed by atoms with Crippen LogP contribution in [0.5, 0.6) is 0 Å². The standard InChI is InChI=1S/C26H25N3O4S/c1-3-33-21(30)16-28(14-19-10-6-4-7-11-19)26(32)23-18(2)22-24(34-23)27-17-29(25(22)31)15-20-12-8-5-9-13-20/h4-13,17H,3,14-16H2,1-2H3. The molecule has 0 aliphatic heterocycles. The third kappa shape index (κ3) is 5.07. The van der Waals surface area contributed by atoms with Gasteiger partial charge in [0.15, 0.2) is 0 Å². The molecule has 8 heteroatoms. The van der Waals surface area contributed by atoms with Crippen LogP contribution in [0.25, 0.3) is 10.2 Å². The van der Waals surface area contributed by atoms with Crippen molar-refractivity contribution in [2.24, 2.45) is 0 Å². The summed E-state index contributed by atoms with van der Waals surface area (Å²) in [6.45, 7) is 4.18. The number of fused-ring (bicyclic) bond motifs is 1. The van der Waals surface area contributed by atoms with Crippen LogP contribution in [0.15, 0.2) is 71.8 Å². The van der Waals surface area contributed by atoms with E-state index >= 15 is 0 Å². The van der Waals surface area contributed by atoms with Gasteiger partial charge in [-0.3, -0.25) is 19.0 Å². The zero-order valence-corrected chi connectivity index (χ0v) is 19.9. The van der Waals surface area contributed by atoms with Crippen molar-refractivity contribution in [1.82, 2.24) is 14.5 Å². The minimum absolute atomic E-state index is 0.180. The van der Waals surface area contributed by atoms with Gasteiger partial charge in [0.05, 0.1) is 29.7 Å². The zero-order chi connectivity index (χ0) is 24.1. The molecule has 0 N–H and O–H groups in total. The van der Waals surface area contributed by atoms with Gasteiger partial charge in [0.25, 0.3) is 11.5 Å². The molecule has 4 aromatic rings. The second-order valence-corrected chi connectivity index (χ2v) is 8.85. The fourth-order valence-electron chi connectivity index (χ4n) is 3.77. The quantitative estimate of drug-likeness (QED) is 0.360. The Morgan fingerprint density at radius 3 is 2.32 bits per heavy atom. The number of amides is 1. The maximum Gasteiger partial charge on any atom is 0.325 e. The van der Waals surface area contributed by atoms with E-state index < -0.39 is 5.97 Å². The summed E-state index contributed by atoms with van der Waals surface area (Å²) in [4.78, 5) is 45.8. The van der Waals surface area contributed by atoms with Crippen molar-refractivity contribution in [2.45, 2.75) is 26.9 Å². The van der Waals surface area contributed by atoms with Gasteiger partial charge in [-0.05, 0) is 30.5 Å². The molecule has 0 fully saturated rings. The largest absolute Gasteiger partial charge is 0.465 e. The SMILES string of the molecule is CCOC(=O)CN(Cc1ccccc1)C(=O)c1sc2ncn(Cc3ccccc3)c(=O)c2c1C. The molecule has 0 saturated carbocycles. The van der Waals surface area contributed by atoms with E-state index in [9.17, 15) is 14.4 Å². The van der Waals surface area contributed by atoms with Crippen LogP contribution in [0.1, 0.15) is 33.3 Å². The summed E-state index contributed by atoms with van der Waals surface area (Å²) in [5, 5.41) is 0.433. The van der Waals surface area contributed by atoms with Gasteiger partial charge in [-0.15, -0.1) is 11.3 Å². The highest BCUT2D eigenvalue weighted by Gasteiger charge is 2.26. The van der Waals surface area contributed by atoms with E-state index in [4.69, 9.17) is 4.74 Å². The zero-order valence-electron chi connectivity index (χ0n) is 19.1. The van der Waals surface area contributed by atoms with E-state index in [0.717, 1.165) is 11.1 Å². The van der Waals surface area contributed by atoms with Crippen LogP contribution in [0.3, 0.4) is 0 Å². The molecule has 0 aliphatic rings. The number of aryl methyl sites for hydroxylation is 1. The Kier molecular flexibility index (Phi) is 7.18. The Labute approximate surface area is 201 Å². The third-order valence-corrected chi connectivity index (χ3v) is 6.62. The lowest BCUT2D eigenvalue weighted by molar-refractivity contribution is -0.143. The molecule has 2 aromatic heterocycles. The predicted octanol–water partition coefficient (Wildman–Crippen LogP) is 4.02. The molecule has 0 saturated heterocycles. The first-order valence-corrected chi connectivity index (χ1v) is 11.8. The van der Waals surface area contributed by atoms with Crippen LogP contribution in [0, 0.1) is 6.92 Å². The van der Waals surface area contributed by atoms with E-state index in [1.54, 1.807) is 18.4 Å². The number of ether oxygens (including phenoxy) is 1. The third-order valence-electron chi connectivity index (χ3n) is 5.44. The molecule has 2 heterocycles. The lowest BCUT2D eigenvalue weighted by Gasteiger charge is -2.21. The summed E-state index contributed by atoms with van der Waals surface area (Å²) in [5.74, 6) is -0.805. The number of esters is 1. The van der Waals surface area contributed by atoms with Gasteiger partial charge in [0, 0.05) is 6.54 Å². The van der Waals surface area contributed by atoms with E-state index in [-0.39, 0.29) is 31.2 Å². The monoisotopic (exact) mass is 475 g/mol. The van der Waals surface area contributed by atoms with Crippen LogP contribution in [-0.4, -0.2) is 39.5 Å². The highest BCUT2D eigenvalue weighted by Crippen LogP contribution is 2.28. The van der Waals surface area contributed by atoms with Crippen molar-refractivity contribution in [1.29, 1.82) is 0 Å².